The van der Waals surface area contributed by atoms with Gasteiger partial charge in [0.2, 0.25) is 5.89 Å². The fourth-order valence-electron chi connectivity index (χ4n) is 1.41. The van der Waals surface area contributed by atoms with Gasteiger partial charge in [0.05, 0.1) is 17.9 Å². The average Bonchev–Trinajstić information content (AvgIpc) is 2.97. The van der Waals surface area contributed by atoms with Crippen LogP contribution in [0.3, 0.4) is 0 Å². The number of nitrogens with two attached hydrogens (primary N) is 1. The van der Waals surface area contributed by atoms with Crippen molar-refractivity contribution in [2.45, 2.75) is 39.3 Å². The molecule has 0 spiro atoms. The molecule has 1 atom stereocenters. The third-order valence-corrected chi connectivity index (χ3v) is 2.49. The molecule has 0 radical (unpaired) electrons. The summed E-state index contributed by atoms with van der Waals surface area (Å²) in [6.45, 7) is 4.43. The lowest BCUT2D eigenvalue weighted by atomic mass is 10.2. The van der Waals surface area contributed by atoms with Gasteiger partial charge in [0.1, 0.15) is 6.54 Å². The van der Waals surface area contributed by atoms with Gasteiger partial charge in [-0.25, -0.2) is 4.68 Å². The summed E-state index contributed by atoms with van der Waals surface area (Å²) in [5.41, 5.74) is 6.65. The Kier molecular flexibility index (Phi) is 3.48. The predicted molar refractivity (Wildman–Crippen MR) is 60.0 cm³/mol. The monoisotopic (exact) mass is 236 g/mol. The van der Waals surface area contributed by atoms with Crippen molar-refractivity contribution in [3.63, 3.8) is 0 Å². The normalized spacial score (nSPS) is 12.9. The van der Waals surface area contributed by atoms with Gasteiger partial charge in [-0.05, 0) is 6.42 Å². The van der Waals surface area contributed by atoms with Crippen LogP contribution >= 0.6 is 0 Å². The average molecular weight is 236 g/mol. The Morgan fingerprint density at radius 1 is 1.47 bits per heavy atom. The van der Waals surface area contributed by atoms with Crippen LogP contribution in [0.5, 0.6) is 0 Å². The van der Waals surface area contributed by atoms with Crippen LogP contribution in [-0.4, -0.2) is 25.1 Å². The van der Waals surface area contributed by atoms with Gasteiger partial charge in [-0.3, -0.25) is 0 Å². The maximum atomic E-state index is 5.86. The molecule has 2 N–H and O–H groups in total. The topological polar surface area (TPSA) is 95.7 Å². The van der Waals surface area contributed by atoms with Crippen molar-refractivity contribution < 1.29 is 4.52 Å². The highest BCUT2D eigenvalue weighted by Crippen LogP contribution is 2.09. The molecular weight excluding hydrogens is 220 g/mol. The molecule has 7 nitrogen and oxygen atoms in total. The van der Waals surface area contributed by atoms with Crippen LogP contribution in [0.2, 0.25) is 0 Å². The second-order valence-corrected chi connectivity index (χ2v) is 3.81. The predicted octanol–water partition coefficient (Wildman–Crippen LogP) is 0.682. The SMILES string of the molecule is CCc1nc(Cn2cc(C(N)CC)nn2)no1. The molecule has 0 aliphatic carbocycles. The van der Waals surface area contributed by atoms with E-state index in [2.05, 4.69) is 20.5 Å². The molecule has 0 aromatic carbocycles. The van der Waals surface area contributed by atoms with E-state index in [0.29, 0.717) is 18.3 Å². The highest BCUT2D eigenvalue weighted by atomic mass is 16.5. The fraction of sp³-hybridized carbons (Fsp3) is 0.600. The number of aromatic nitrogens is 5. The zero-order chi connectivity index (χ0) is 12.3. The molecule has 2 rings (SSSR count). The first-order valence-corrected chi connectivity index (χ1v) is 5.70. The largest absolute Gasteiger partial charge is 0.339 e. The minimum Gasteiger partial charge on any atom is -0.339 e. The van der Waals surface area contributed by atoms with E-state index in [1.54, 1.807) is 4.68 Å². The third-order valence-electron chi connectivity index (χ3n) is 2.49. The zero-order valence-corrected chi connectivity index (χ0v) is 10.00. The van der Waals surface area contributed by atoms with Crippen molar-refractivity contribution in [2.75, 3.05) is 0 Å². The fourth-order valence-corrected chi connectivity index (χ4v) is 1.41. The van der Waals surface area contributed by atoms with E-state index in [-0.39, 0.29) is 6.04 Å². The van der Waals surface area contributed by atoms with E-state index < -0.39 is 0 Å². The number of nitrogens with zero attached hydrogens (tertiary/aromatic N) is 5. The summed E-state index contributed by atoms with van der Waals surface area (Å²) in [4.78, 5) is 4.20. The van der Waals surface area contributed by atoms with Gasteiger partial charge in [0, 0.05) is 6.42 Å². The first kappa shape index (κ1) is 11.7. The molecule has 92 valence electrons. The van der Waals surface area contributed by atoms with Crippen molar-refractivity contribution in [2.24, 2.45) is 5.73 Å². The van der Waals surface area contributed by atoms with Crippen molar-refractivity contribution in [3.05, 3.63) is 23.6 Å². The lowest BCUT2D eigenvalue weighted by Gasteiger charge is -2.01. The first-order chi connectivity index (χ1) is 8.22. The van der Waals surface area contributed by atoms with Crippen LogP contribution in [-0.2, 0) is 13.0 Å². The van der Waals surface area contributed by atoms with Crippen molar-refractivity contribution in [3.8, 4) is 0 Å². The minimum atomic E-state index is -0.0692. The molecule has 2 aromatic heterocycles. The second kappa shape index (κ2) is 5.05. The van der Waals surface area contributed by atoms with E-state index in [9.17, 15) is 0 Å². The Morgan fingerprint density at radius 2 is 2.29 bits per heavy atom. The number of hydrogen-bond donors (Lipinski definition) is 1. The Bertz CT molecular complexity index is 477. The minimum absolute atomic E-state index is 0.0692. The summed E-state index contributed by atoms with van der Waals surface area (Å²) in [5.74, 6) is 1.23. The van der Waals surface area contributed by atoms with Crippen LogP contribution in [0.1, 0.15) is 43.7 Å². The molecule has 0 aliphatic rings. The van der Waals surface area contributed by atoms with Crippen molar-refractivity contribution >= 4 is 0 Å². The number of rotatable bonds is 5. The maximum Gasteiger partial charge on any atom is 0.226 e. The van der Waals surface area contributed by atoms with Gasteiger partial charge < -0.3 is 10.3 Å². The molecule has 2 heterocycles. The van der Waals surface area contributed by atoms with Gasteiger partial charge in [0.25, 0.3) is 0 Å². The van der Waals surface area contributed by atoms with Crippen molar-refractivity contribution in [1.82, 2.24) is 25.1 Å². The molecular formula is C10H16N6O. The van der Waals surface area contributed by atoms with E-state index in [1.807, 2.05) is 20.0 Å². The number of aryl methyl sites for hydroxylation is 1. The lowest BCUT2D eigenvalue weighted by molar-refractivity contribution is 0.374. The highest BCUT2D eigenvalue weighted by Gasteiger charge is 2.10. The Labute approximate surface area is 99.0 Å². The summed E-state index contributed by atoms with van der Waals surface area (Å²) >= 11 is 0. The molecule has 0 fully saturated rings. The second-order valence-electron chi connectivity index (χ2n) is 3.81. The Hall–Kier alpha value is -1.76. The molecule has 17 heavy (non-hydrogen) atoms. The molecule has 1 unspecified atom stereocenters. The van der Waals surface area contributed by atoms with Gasteiger partial charge in [-0.1, -0.05) is 24.2 Å². The lowest BCUT2D eigenvalue weighted by Crippen LogP contribution is -2.08. The molecule has 0 amide bonds. The smallest absolute Gasteiger partial charge is 0.226 e. The van der Waals surface area contributed by atoms with Gasteiger partial charge >= 0.3 is 0 Å². The Morgan fingerprint density at radius 3 is 2.94 bits per heavy atom. The van der Waals surface area contributed by atoms with Crippen LogP contribution in [0.4, 0.5) is 0 Å². The van der Waals surface area contributed by atoms with Gasteiger partial charge in [-0.2, -0.15) is 4.98 Å². The Balaban J connectivity index is 2.06. The molecule has 0 bridgehead atoms. The van der Waals surface area contributed by atoms with Crippen LogP contribution in [0.15, 0.2) is 10.7 Å². The standard InChI is InChI=1S/C10H16N6O/c1-3-7(11)8-5-16(15-13-8)6-9-12-10(4-2)17-14-9/h5,7H,3-4,6,11H2,1-2H3. The van der Waals surface area contributed by atoms with E-state index >= 15 is 0 Å². The molecule has 7 heteroatoms. The molecule has 0 saturated carbocycles. The summed E-state index contributed by atoms with van der Waals surface area (Å²) in [5, 5.41) is 11.8. The zero-order valence-electron chi connectivity index (χ0n) is 10.00. The van der Waals surface area contributed by atoms with E-state index in [1.165, 1.54) is 0 Å². The van der Waals surface area contributed by atoms with Crippen molar-refractivity contribution in [1.29, 1.82) is 0 Å². The van der Waals surface area contributed by atoms with Crippen LogP contribution in [0.25, 0.3) is 0 Å². The van der Waals surface area contributed by atoms with E-state index in [4.69, 9.17) is 10.3 Å². The summed E-state index contributed by atoms with van der Waals surface area (Å²) in [7, 11) is 0. The highest BCUT2D eigenvalue weighted by molar-refractivity contribution is 5.00. The summed E-state index contributed by atoms with van der Waals surface area (Å²) in [6, 6.07) is -0.0692. The number of hydrogen-bond acceptors (Lipinski definition) is 6. The molecule has 0 saturated heterocycles. The quantitative estimate of drug-likeness (QED) is 0.820. The van der Waals surface area contributed by atoms with Gasteiger partial charge in [0.15, 0.2) is 5.82 Å². The first-order valence-electron chi connectivity index (χ1n) is 5.70. The van der Waals surface area contributed by atoms with Crippen LogP contribution < -0.4 is 5.73 Å². The third kappa shape index (κ3) is 2.68. The van der Waals surface area contributed by atoms with E-state index in [0.717, 1.165) is 18.5 Å². The van der Waals surface area contributed by atoms with Gasteiger partial charge in [-0.15, -0.1) is 5.10 Å². The maximum absolute atomic E-state index is 5.86. The van der Waals surface area contributed by atoms with Crippen LogP contribution in [0, 0.1) is 0 Å². The summed E-state index contributed by atoms with van der Waals surface area (Å²) in [6.07, 6.45) is 3.38. The summed E-state index contributed by atoms with van der Waals surface area (Å²) < 4.78 is 6.68. The molecule has 0 aliphatic heterocycles. The molecule has 2 aromatic rings.